The summed E-state index contributed by atoms with van der Waals surface area (Å²) in [4.78, 5) is 25.0. The lowest BCUT2D eigenvalue weighted by Gasteiger charge is -2.17. The molecular weight excluding hydrogens is 457 g/mol. The third-order valence-corrected chi connectivity index (χ3v) is 6.41. The second kappa shape index (κ2) is 8.68. The Kier molecular flexibility index (Phi) is 5.69. The number of aromatic carboxylic acids is 1. The summed E-state index contributed by atoms with van der Waals surface area (Å²) in [5.74, 6) is -0.366. The molecule has 1 aliphatic rings. The second-order valence-electron chi connectivity index (χ2n) is 8.76. The highest BCUT2D eigenvalue weighted by molar-refractivity contribution is 6.30. The molecule has 1 saturated carbocycles. The summed E-state index contributed by atoms with van der Waals surface area (Å²) in [7, 11) is 0. The second-order valence-corrected chi connectivity index (χ2v) is 9.19. The summed E-state index contributed by atoms with van der Waals surface area (Å²) in [5, 5.41) is 13.6. The number of carbonyl (C=O) groups is 1. The van der Waals surface area contributed by atoms with Crippen LogP contribution in [-0.2, 0) is 6.54 Å². The van der Waals surface area contributed by atoms with Gasteiger partial charge >= 0.3 is 5.97 Å². The Hall–Kier alpha value is -3.52. The molecule has 0 spiro atoms. The zero-order valence-electron chi connectivity index (χ0n) is 18.7. The molecule has 0 saturated heterocycles. The van der Waals surface area contributed by atoms with E-state index in [9.17, 15) is 14.3 Å². The Bertz CT molecular complexity index is 1400. The van der Waals surface area contributed by atoms with E-state index in [1.54, 1.807) is 19.1 Å². The van der Waals surface area contributed by atoms with Gasteiger partial charge < -0.3 is 15.0 Å². The number of carboxylic acid groups (broad SMARTS) is 1. The summed E-state index contributed by atoms with van der Waals surface area (Å²) < 4.78 is 15.9. The van der Waals surface area contributed by atoms with Gasteiger partial charge in [0.25, 0.3) is 0 Å². The van der Waals surface area contributed by atoms with Crippen LogP contribution in [0.3, 0.4) is 0 Å². The third-order valence-electron chi connectivity index (χ3n) is 6.16. The van der Waals surface area contributed by atoms with Gasteiger partial charge in [0.05, 0.1) is 0 Å². The topological polar surface area (TPSA) is 92.9 Å². The fourth-order valence-corrected chi connectivity index (χ4v) is 4.22. The van der Waals surface area contributed by atoms with Crippen LogP contribution in [0.5, 0.6) is 0 Å². The van der Waals surface area contributed by atoms with Gasteiger partial charge in [-0.1, -0.05) is 23.7 Å². The molecule has 0 aliphatic heterocycles. The Labute approximate surface area is 200 Å². The van der Waals surface area contributed by atoms with Crippen LogP contribution in [0.1, 0.15) is 41.5 Å². The first kappa shape index (κ1) is 22.3. The zero-order chi connectivity index (χ0) is 24.0. The fourth-order valence-electron chi connectivity index (χ4n) is 4.09. The minimum atomic E-state index is -1.23. The lowest BCUT2D eigenvalue weighted by atomic mass is 10.1. The van der Waals surface area contributed by atoms with Crippen molar-refractivity contribution in [3.8, 4) is 11.4 Å². The van der Waals surface area contributed by atoms with E-state index in [4.69, 9.17) is 16.6 Å². The quantitative estimate of drug-likeness (QED) is 0.361. The number of rotatable bonds is 7. The van der Waals surface area contributed by atoms with E-state index in [1.807, 2.05) is 28.8 Å². The molecule has 9 heteroatoms. The normalized spacial score (nSPS) is 14.4. The number of imidazole rings is 1. The van der Waals surface area contributed by atoms with Gasteiger partial charge in [0.15, 0.2) is 11.5 Å². The number of nitrogens with one attached hydrogen (secondary N) is 1. The number of hydrogen-bond acceptors (Lipinski definition) is 5. The van der Waals surface area contributed by atoms with Gasteiger partial charge in [0.2, 0.25) is 5.82 Å². The van der Waals surface area contributed by atoms with Gasteiger partial charge in [0.1, 0.15) is 17.2 Å². The van der Waals surface area contributed by atoms with Crippen LogP contribution < -0.4 is 5.32 Å². The van der Waals surface area contributed by atoms with Crippen molar-refractivity contribution in [2.75, 3.05) is 5.32 Å². The van der Waals surface area contributed by atoms with Crippen molar-refractivity contribution in [1.82, 2.24) is 19.5 Å². The summed E-state index contributed by atoms with van der Waals surface area (Å²) in [6.45, 7) is 4.18. The average molecular weight is 480 g/mol. The molecular formula is C25H23ClFN5O2. The van der Waals surface area contributed by atoms with Gasteiger partial charge in [-0.3, -0.25) is 0 Å². The van der Waals surface area contributed by atoms with Crippen molar-refractivity contribution in [3.63, 3.8) is 0 Å². The van der Waals surface area contributed by atoms with Crippen molar-refractivity contribution in [2.45, 2.75) is 39.3 Å². The molecule has 2 N–H and O–H groups in total. The van der Waals surface area contributed by atoms with Crippen LogP contribution >= 0.6 is 11.6 Å². The first-order valence-electron chi connectivity index (χ1n) is 11.1. The molecule has 1 aliphatic carbocycles. The number of hydrogen-bond donors (Lipinski definition) is 2. The number of anilines is 1. The van der Waals surface area contributed by atoms with Gasteiger partial charge in [-0.25, -0.2) is 24.1 Å². The molecule has 7 nitrogen and oxygen atoms in total. The maximum absolute atomic E-state index is 14.0. The lowest BCUT2D eigenvalue weighted by molar-refractivity contribution is 0.0684. The Morgan fingerprint density at radius 3 is 2.59 bits per heavy atom. The van der Waals surface area contributed by atoms with Crippen molar-refractivity contribution in [3.05, 3.63) is 70.3 Å². The number of aryl methyl sites for hydroxylation is 1. The number of carboxylic acids is 1. The molecule has 174 valence electrons. The van der Waals surface area contributed by atoms with Gasteiger partial charge in [-0.2, -0.15) is 0 Å². The number of aromatic nitrogens is 4. The Morgan fingerprint density at radius 2 is 1.94 bits per heavy atom. The highest BCUT2D eigenvalue weighted by atomic mass is 35.5. The Balaban J connectivity index is 1.74. The molecule has 2 heterocycles. The molecule has 1 fully saturated rings. The van der Waals surface area contributed by atoms with E-state index in [-0.39, 0.29) is 23.3 Å². The minimum absolute atomic E-state index is 0.121. The summed E-state index contributed by atoms with van der Waals surface area (Å²) in [6, 6.07) is 12.4. The van der Waals surface area contributed by atoms with Gasteiger partial charge in [-0.05, 0) is 74.1 Å². The summed E-state index contributed by atoms with van der Waals surface area (Å²) in [5.41, 5.74) is 3.02. The fraction of sp³-hybridized carbons (Fsp3) is 0.280. The van der Waals surface area contributed by atoms with Gasteiger partial charge in [0, 0.05) is 23.2 Å². The maximum atomic E-state index is 14.0. The smallest absolute Gasteiger partial charge is 0.374 e. The van der Waals surface area contributed by atoms with E-state index in [1.165, 1.54) is 6.07 Å². The molecule has 2 aromatic heterocycles. The van der Waals surface area contributed by atoms with Gasteiger partial charge in [-0.15, -0.1) is 0 Å². The molecule has 5 rings (SSSR count). The first-order valence-corrected chi connectivity index (χ1v) is 11.5. The molecule has 0 radical (unpaired) electrons. The predicted molar refractivity (Wildman–Crippen MR) is 129 cm³/mol. The molecule has 0 amide bonds. The molecule has 0 bridgehead atoms. The number of benzene rings is 2. The van der Waals surface area contributed by atoms with Crippen LogP contribution in [-0.4, -0.2) is 36.6 Å². The molecule has 34 heavy (non-hydrogen) atoms. The van der Waals surface area contributed by atoms with E-state index >= 15 is 0 Å². The van der Waals surface area contributed by atoms with Crippen molar-refractivity contribution >= 4 is 34.6 Å². The molecule has 2 aromatic carbocycles. The molecule has 1 atom stereocenters. The van der Waals surface area contributed by atoms with E-state index in [2.05, 4.69) is 22.2 Å². The van der Waals surface area contributed by atoms with Crippen LogP contribution in [0.4, 0.5) is 10.2 Å². The lowest BCUT2D eigenvalue weighted by Crippen LogP contribution is -2.20. The largest absolute Gasteiger partial charge is 0.475 e. The van der Waals surface area contributed by atoms with E-state index in [0.29, 0.717) is 45.8 Å². The van der Waals surface area contributed by atoms with Crippen LogP contribution in [0.2, 0.25) is 5.02 Å². The SMILES string of the molecule is Cc1cc(-c2nc3nc(C(=O)O)nc(NC(C)C4CC4)c3n2Cc2ccc(Cl)cc2)ccc1F. The van der Waals surface area contributed by atoms with Crippen LogP contribution in [0, 0.1) is 18.7 Å². The highest BCUT2D eigenvalue weighted by Gasteiger charge is 2.30. The average Bonchev–Trinajstić information content (AvgIpc) is 3.59. The number of nitrogens with zero attached hydrogens (tertiary/aromatic N) is 4. The predicted octanol–water partition coefficient (Wildman–Crippen LogP) is 5.55. The van der Waals surface area contributed by atoms with Crippen molar-refractivity contribution in [1.29, 1.82) is 0 Å². The zero-order valence-corrected chi connectivity index (χ0v) is 19.5. The Morgan fingerprint density at radius 1 is 1.21 bits per heavy atom. The first-order chi connectivity index (χ1) is 16.3. The maximum Gasteiger partial charge on any atom is 0.374 e. The van der Waals surface area contributed by atoms with Crippen molar-refractivity contribution in [2.24, 2.45) is 5.92 Å². The summed E-state index contributed by atoms with van der Waals surface area (Å²) in [6.07, 6.45) is 2.25. The van der Waals surface area contributed by atoms with E-state index < -0.39 is 5.97 Å². The summed E-state index contributed by atoms with van der Waals surface area (Å²) >= 11 is 6.07. The monoisotopic (exact) mass is 479 g/mol. The highest BCUT2D eigenvalue weighted by Crippen LogP contribution is 2.36. The van der Waals surface area contributed by atoms with Crippen LogP contribution in [0.25, 0.3) is 22.6 Å². The third kappa shape index (κ3) is 4.33. The molecule has 1 unspecified atom stereocenters. The minimum Gasteiger partial charge on any atom is -0.475 e. The van der Waals surface area contributed by atoms with E-state index in [0.717, 1.165) is 18.4 Å². The van der Waals surface area contributed by atoms with Crippen molar-refractivity contribution < 1.29 is 14.3 Å². The number of fused-ring (bicyclic) bond motifs is 1. The van der Waals surface area contributed by atoms with Crippen LogP contribution in [0.15, 0.2) is 42.5 Å². The standard InChI is InChI=1S/C25H23ClFN5O2/c1-13-11-17(7-10-19(13)27)24-31-22-20(32(24)12-15-3-8-18(26)9-4-15)21(28-14(2)16-5-6-16)29-23(30-22)25(33)34/h3-4,7-11,14,16H,5-6,12H2,1-2H3,(H,33,34)(H,28,29,30). The molecule has 4 aromatic rings. The number of halogens is 2.